The molecule has 0 atom stereocenters. The van der Waals surface area contributed by atoms with Crippen molar-refractivity contribution in [1.29, 1.82) is 0 Å². The molecule has 12 heteroatoms. The van der Waals surface area contributed by atoms with E-state index in [1.165, 1.54) is 0 Å². The minimum atomic E-state index is -1.08. The second-order valence-corrected chi connectivity index (χ2v) is 1.97. The summed E-state index contributed by atoms with van der Waals surface area (Å²) >= 11 is 0. The van der Waals surface area contributed by atoms with E-state index < -0.39 is 23.9 Å². The molecule has 0 aliphatic rings. The van der Waals surface area contributed by atoms with Crippen LogP contribution in [-0.4, -0.2) is 57.9 Å². The first kappa shape index (κ1) is 50.4. The van der Waals surface area contributed by atoms with Gasteiger partial charge in [-0.1, -0.05) is 0 Å². The van der Waals surface area contributed by atoms with Gasteiger partial charge >= 0.3 is 54.2 Å². The van der Waals surface area contributed by atoms with E-state index in [-0.39, 0.29) is 65.1 Å². The quantitative estimate of drug-likeness (QED) is 0.271. The van der Waals surface area contributed by atoms with Crippen LogP contribution >= 0.6 is 0 Å². The number of carbonyl (C=O) groups is 4. The van der Waals surface area contributed by atoms with E-state index in [0.717, 1.165) is 27.7 Å². The van der Waals surface area contributed by atoms with Crippen molar-refractivity contribution in [2.45, 2.75) is 27.7 Å². The van der Waals surface area contributed by atoms with Gasteiger partial charge in [0.15, 0.2) is 0 Å². The average Bonchev–Trinajstić information content (AvgIpc) is 1.76. The molecule has 0 saturated heterocycles. The minimum absolute atomic E-state index is 0. The van der Waals surface area contributed by atoms with E-state index in [2.05, 4.69) is 0 Å². The number of aliphatic carboxylic acids is 4. The molecule has 0 aromatic rings. The molecule has 0 spiro atoms. The normalized spacial score (nSPS) is 5.00. The molecular formula is C8H16MgO10U. The fraction of sp³-hybridized carbons (Fsp3) is 0.500. The van der Waals surface area contributed by atoms with Crippen LogP contribution in [0.25, 0.3) is 0 Å². The zero-order valence-electron chi connectivity index (χ0n) is 11.5. The van der Waals surface area contributed by atoms with Crippen molar-refractivity contribution >= 4 is 46.9 Å². The second-order valence-electron chi connectivity index (χ2n) is 1.97. The van der Waals surface area contributed by atoms with E-state index in [1.54, 1.807) is 0 Å². The Kier molecular flexibility index (Phi) is 108. The van der Waals surface area contributed by atoms with Crippen molar-refractivity contribution in [2.24, 2.45) is 0 Å². The molecule has 0 aromatic carbocycles. The van der Waals surface area contributed by atoms with Crippen LogP contribution in [0, 0.1) is 31.1 Å². The zero-order valence-corrected chi connectivity index (χ0v) is 17.1. The van der Waals surface area contributed by atoms with Crippen LogP contribution in [0.5, 0.6) is 0 Å². The molecule has 10 nitrogen and oxygen atoms in total. The molecule has 0 heterocycles. The smallest absolute Gasteiger partial charge is 0.550 e. The van der Waals surface area contributed by atoms with E-state index in [4.69, 9.17) is 39.6 Å². The van der Waals surface area contributed by atoms with Gasteiger partial charge in [0.25, 0.3) is 0 Å². The van der Waals surface area contributed by atoms with Gasteiger partial charge in [-0.3, -0.25) is 0 Å². The number of hydrogen-bond donors (Lipinski definition) is 0. The monoisotopic (exact) mass is 534 g/mol. The summed E-state index contributed by atoms with van der Waals surface area (Å²) < 4.78 is 0. The van der Waals surface area contributed by atoms with Crippen molar-refractivity contribution in [2.75, 3.05) is 0 Å². The van der Waals surface area contributed by atoms with Crippen molar-refractivity contribution in [3.63, 3.8) is 0 Å². The van der Waals surface area contributed by atoms with Gasteiger partial charge in [-0.15, -0.1) is 0 Å². The molecule has 20 heavy (non-hydrogen) atoms. The molecule has 0 saturated carbocycles. The number of rotatable bonds is 0. The zero-order chi connectivity index (χ0) is 14.3. The first-order valence-electron chi connectivity index (χ1n) is 3.63. The molecular weight excluding hydrogens is 518 g/mol. The van der Waals surface area contributed by atoms with Gasteiger partial charge in [0, 0.05) is 23.9 Å². The first-order valence-corrected chi connectivity index (χ1v) is 3.63. The predicted molar refractivity (Wildman–Crippen MR) is 55.7 cm³/mol. The molecule has 0 amide bonds. The van der Waals surface area contributed by atoms with Crippen molar-refractivity contribution in [1.82, 2.24) is 0 Å². The summed E-state index contributed by atoms with van der Waals surface area (Å²) in [5.74, 6) is -4.33. The van der Waals surface area contributed by atoms with Crippen LogP contribution in [0.1, 0.15) is 27.7 Å². The Hall–Kier alpha value is -0.382. The maximum Gasteiger partial charge on any atom is 2.00 e. The summed E-state index contributed by atoms with van der Waals surface area (Å²) in [5.41, 5.74) is 0. The van der Waals surface area contributed by atoms with Gasteiger partial charge < -0.3 is 50.6 Å². The Morgan fingerprint density at radius 1 is 0.550 bits per heavy atom. The summed E-state index contributed by atoms with van der Waals surface area (Å²) in [6.45, 7) is 3.89. The van der Waals surface area contributed by atoms with Crippen LogP contribution < -0.4 is 20.4 Å². The topological polar surface area (TPSA) is 224 Å². The molecule has 0 unspecified atom stereocenters. The maximum absolute atomic E-state index is 8.89. The first-order chi connectivity index (χ1) is 6.93. The van der Waals surface area contributed by atoms with Crippen LogP contribution in [0.15, 0.2) is 0 Å². The summed E-state index contributed by atoms with van der Waals surface area (Å²) in [6.07, 6.45) is 0. The summed E-state index contributed by atoms with van der Waals surface area (Å²) in [5, 5.41) is 35.6. The Labute approximate surface area is 155 Å². The van der Waals surface area contributed by atoms with Gasteiger partial charge in [-0.05, 0) is 27.7 Å². The molecule has 0 rings (SSSR count). The average molecular weight is 535 g/mol. The number of carbonyl (C=O) groups excluding carboxylic acids is 4. The molecule has 0 bridgehead atoms. The van der Waals surface area contributed by atoms with Crippen molar-refractivity contribution < 1.29 is 81.7 Å². The Morgan fingerprint density at radius 2 is 0.550 bits per heavy atom. The maximum atomic E-state index is 8.89. The van der Waals surface area contributed by atoms with Gasteiger partial charge in [0.2, 0.25) is 0 Å². The predicted octanol–water partition coefficient (Wildman–Crippen LogP) is -7.01. The number of carboxylic acid groups (broad SMARTS) is 4. The molecule has 0 radical (unpaired) electrons. The number of hydrogen-bond acceptors (Lipinski definition) is 8. The van der Waals surface area contributed by atoms with Crippen LogP contribution in [0.4, 0.5) is 0 Å². The summed E-state index contributed by atoms with van der Waals surface area (Å²) in [7, 11) is 0. The third-order valence-electron chi connectivity index (χ3n) is 0. The fourth-order valence-electron chi connectivity index (χ4n) is 0. The Morgan fingerprint density at radius 3 is 0.550 bits per heavy atom. The molecule has 0 aliphatic heterocycles. The second kappa shape index (κ2) is 42.8. The van der Waals surface area contributed by atoms with E-state index in [1.807, 2.05) is 0 Å². The summed E-state index contributed by atoms with van der Waals surface area (Å²) in [4.78, 5) is 35.6. The third-order valence-corrected chi connectivity index (χ3v) is 0. The van der Waals surface area contributed by atoms with Gasteiger partial charge in [0.05, 0.1) is 0 Å². The standard InChI is InChI=1S/4C2H4O2.Mg.2H2O.U/c4*1-2(3)4;;;;/h4*1H3,(H,3,4);;2*1H2;/q;;;;+2;;;+2/p-4. The van der Waals surface area contributed by atoms with Crippen molar-refractivity contribution in [3.8, 4) is 0 Å². The van der Waals surface area contributed by atoms with Crippen LogP contribution in [0.2, 0.25) is 0 Å². The van der Waals surface area contributed by atoms with Crippen LogP contribution in [0.3, 0.4) is 0 Å². The molecule has 0 fully saturated rings. The van der Waals surface area contributed by atoms with E-state index >= 15 is 0 Å². The summed E-state index contributed by atoms with van der Waals surface area (Å²) in [6, 6.07) is 0. The minimum Gasteiger partial charge on any atom is -0.550 e. The third kappa shape index (κ3) is 33400. The molecule has 114 valence electrons. The van der Waals surface area contributed by atoms with Gasteiger partial charge in [-0.25, -0.2) is 0 Å². The van der Waals surface area contributed by atoms with E-state index in [0.29, 0.717) is 0 Å². The van der Waals surface area contributed by atoms with Gasteiger partial charge in [0.1, 0.15) is 0 Å². The van der Waals surface area contributed by atoms with E-state index in [9.17, 15) is 0 Å². The molecule has 4 N–H and O–H groups in total. The Balaban J connectivity index is -0.0000000150. The fourth-order valence-corrected chi connectivity index (χ4v) is 0. The Bertz CT molecular complexity index is 169. The number of carboxylic acids is 4. The van der Waals surface area contributed by atoms with Crippen LogP contribution in [-0.2, 0) is 19.2 Å². The molecule has 0 aromatic heterocycles. The largest absolute Gasteiger partial charge is 2.00 e. The van der Waals surface area contributed by atoms with Gasteiger partial charge in [-0.2, -0.15) is 0 Å². The SMILES string of the molecule is CC(=O)[O-].CC(=O)[O-].CC(=O)[O-].CC(=O)[O-].O.O.[Mg+2].[U+2]. The van der Waals surface area contributed by atoms with Crippen molar-refractivity contribution in [3.05, 3.63) is 0 Å². The molecule has 0 aliphatic carbocycles.